The molecule has 2 N–H and O–H groups in total. The second kappa shape index (κ2) is 10.1. The molecule has 2 amide bonds. The number of fused-ring (bicyclic) bond motifs is 1. The van der Waals surface area contributed by atoms with Crippen molar-refractivity contribution < 1.29 is 14.3 Å². The van der Waals surface area contributed by atoms with Crippen LogP contribution in [-0.2, 0) is 19.4 Å². The van der Waals surface area contributed by atoms with Gasteiger partial charge in [0.2, 0.25) is 0 Å². The third-order valence-corrected chi connectivity index (χ3v) is 5.21. The van der Waals surface area contributed by atoms with Crippen molar-refractivity contribution in [3.63, 3.8) is 0 Å². The maximum absolute atomic E-state index is 12.8. The van der Waals surface area contributed by atoms with E-state index in [9.17, 15) is 9.59 Å². The number of carbonyl (C=O) groups excluding carboxylic acids is 2. The predicted molar refractivity (Wildman–Crippen MR) is 111 cm³/mol. The van der Waals surface area contributed by atoms with E-state index < -0.39 is 0 Å². The van der Waals surface area contributed by atoms with E-state index in [2.05, 4.69) is 22.5 Å². The van der Waals surface area contributed by atoms with E-state index in [1.54, 1.807) is 7.11 Å². The molecule has 0 fully saturated rings. The number of carbonyl (C=O) groups is 2. The molecule has 2 aromatic rings. The number of nitrogens with one attached hydrogen (secondary N) is 2. The molecule has 1 aromatic carbocycles. The largest absolute Gasteiger partial charge is 0.497 e. The van der Waals surface area contributed by atoms with Crippen molar-refractivity contribution >= 4 is 11.8 Å². The van der Waals surface area contributed by atoms with Crippen LogP contribution in [0.4, 0.5) is 0 Å². The highest BCUT2D eigenvalue weighted by Crippen LogP contribution is 2.21. The molecule has 0 saturated heterocycles. The number of amides is 2. The highest BCUT2D eigenvalue weighted by molar-refractivity contribution is 5.97. The first-order chi connectivity index (χ1) is 14.1. The number of ether oxygens (including phenoxy) is 1. The average Bonchev–Trinajstić information content (AvgIpc) is 3.14. The quantitative estimate of drug-likeness (QED) is 0.636. The third kappa shape index (κ3) is 5.16. The predicted octanol–water partition coefficient (Wildman–Crippen LogP) is 2.73. The SMILES string of the molecule is CCCCNC(=O)c1nc(C(=O)NCCc2ccc(OC)cc2)n2c1CCCC2. The molecule has 0 saturated carbocycles. The van der Waals surface area contributed by atoms with Crippen molar-refractivity contribution in [2.75, 3.05) is 20.2 Å². The van der Waals surface area contributed by atoms with Crippen molar-refractivity contribution in [3.05, 3.63) is 47.0 Å². The van der Waals surface area contributed by atoms with Crippen molar-refractivity contribution in [1.82, 2.24) is 20.2 Å². The molecule has 7 nitrogen and oxygen atoms in total. The molecule has 2 heterocycles. The zero-order valence-corrected chi connectivity index (χ0v) is 17.3. The van der Waals surface area contributed by atoms with Crippen LogP contribution >= 0.6 is 0 Å². The maximum Gasteiger partial charge on any atom is 0.287 e. The lowest BCUT2D eigenvalue weighted by Gasteiger charge is -2.17. The number of nitrogens with zero attached hydrogens (tertiary/aromatic N) is 2. The van der Waals surface area contributed by atoms with E-state index >= 15 is 0 Å². The van der Waals surface area contributed by atoms with E-state index in [1.807, 2.05) is 28.8 Å². The van der Waals surface area contributed by atoms with Gasteiger partial charge in [-0.1, -0.05) is 25.5 Å². The van der Waals surface area contributed by atoms with Gasteiger partial charge in [0.25, 0.3) is 11.8 Å². The van der Waals surface area contributed by atoms with Gasteiger partial charge in [-0.15, -0.1) is 0 Å². The van der Waals surface area contributed by atoms with E-state index in [4.69, 9.17) is 4.74 Å². The summed E-state index contributed by atoms with van der Waals surface area (Å²) in [5.74, 6) is 0.747. The molecule has 0 aliphatic carbocycles. The van der Waals surface area contributed by atoms with Crippen molar-refractivity contribution in [2.24, 2.45) is 0 Å². The first-order valence-corrected chi connectivity index (χ1v) is 10.4. The van der Waals surface area contributed by atoms with Gasteiger partial charge in [-0.3, -0.25) is 9.59 Å². The first kappa shape index (κ1) is 20.9. The Balaban J connectivity index is 1.65. The summed E-state index contributed by atoms with van der Waals surface area (Å²) in [5, 5.41) is 5.87. The lowest BCUT2D eigenvalue weighted by atomic mass is 10.1. The fraction of sp³-hybridized carbons (Fsp3) is 0.500. The minimum Gasteiger partial charge on any atom is -0.497 e. The highest BCUT2D eigenvalue weighted by atomic mass is 16.5. The molecule has 156 valence electrons. The lowest BCUT2D eigenvalue weighted by molar-refractivity contribution is 0.0938. The summed E-state index contributed by atoms with van der Waals surface area (Å²) in [5.41, 5.74) is 2.40. The van der Waals surface area contributed by atoms with Gasteiger partial charge in [0.05, 0.1) is 12.8 Å². The number of rotatable bonds is 9. The molecule has 3 rings (SSSR count). The van der Waals surface area contributed by atoms with Gasteiger partial charge in [-0.25, -0.2) is 4.98 Å². The topological polar surface area (TPSA) is 85.2 Å². The Bertz CT molecular complexity index is 842. The smallest absolute Gasteiger partial charge is 0.287 e. The summed E-state index contributed by atoms with van der Waals surface area (Å²) in [6, 6.07) is 7.79. The van der Waals surface area contributed by atoms with Crippen LogP contribution < -0.4 is 15.4 Å². The van der Waals surface area contributed by atoms with Crippen molar-refractivity contribution in [3.8, 4) is 5.75 Å². The zero-order valence-electron chi connectivity index (χ0n) is 17.3. The minimum absolute atomic E-state index is 0.179. The lowest BCUT2D eigenvalue weighted by Crippen LogP contribution is -2.29. The molecule has 1 aromatic heterocycles. The van der Waals surface area contributed by atoms with E-state index in [-0.39, 0.29) is 11.8 Å². The van der Waals surface area contributed by atoms with Gasteiger partial charge in [0.1, 0.15) is 11.4 Å². The molecule has 1 aliphatic rings. The number of benzene rings is 1. The first-order valence-electron chi connectivity index (χ1n) is 10.4. The second-order valence-electron chi connectivity index (χ2n) is 7.30. The summed E-state index contributed by atoms with van der Waals surface area (Å²) >= 11 is 0. The molecule has 0 radical (unpaired) electrons. The van der Waals surface area contributed by atoms with Crippen molar-refractivity contribution in [2.45, 2.75) is 52.0 Å². The number of imidazole rings is 1. The van der Waals surface area contributed by atoms with Gasteiger partial charge < -0.3 is 19.9 Å². The zero-order chi connectivity index (χ0) is 20.6. The summed E-state index contributed by atoms with van der Waals surface area (Å²) in [4.78, 5) is 29.7. The molecule has 1 aliphatic heterocycles. The molecular weight excluding hydrogens is 368 g/mol. The van der Waals surface area contributed by atoms with Gasteiger partial charge in [0, 0.05) is 19.6 Å². The van der Waals surface area contributed by atoms with Crippen LogP contribution in [0, 0.1) is 0 Å². The Morgan fingerprint density at radius 1 is 1.10 bits per heavy atom. The molecule has 7 heteroatoms. The number of aromatic nitrogens is 2. The molecular formula is C22H30N4O3. The van der Waals surface area contributed by atoms with E-state index in [0.29, 0.717) is 31.0 Å². The van der Waals surface area contributed by atoms with E-state index in [1.165, 1.54) is 0 Å². The minimum atomic E-state index is -0.228. The van der Waals surface area contributed by atoms with Crippen LogP contribution in [0.3, 0.4) is 0 Å². The Morgan fingerprint density at radius 2 is 1.86 bits per heavy atom. The summed E-state index contributed by atoms with van der Waals surface area (Å²) in [7, 11) is 1.64. The van der Waals surface area contributed by atoms with Gasteiger partial charge in [-0.05, 0) is 49.8 Å². The molecule has 0 bridgehead atoms. The fourth-order valence-corrected chi connectivity index (χ4v) is 3.55. The summed E-state index contributed by atoms with van der Waals surface area (Å²) in [6.07, 6.45) is 5.45. The molecule has 29 heavy (non-hydrogen) atoms. The highest BCUT2D eigenvalue weighted by Gasteiger charge is 2.27. The van der Waals surface area contributed by atoms with Gasteiger partial charge in [-0.2, -0.15) is 0 Å². The number of hydrogen-bond acceptors (Lipinski definition) is 4. The van der Waals surface area contributed by atoms with Crippen LogP contribution in [0.1, 0.15) is 65.0 Å². The Kier molecular flexibility index (Phi) is 7.27. The van der Waals surface area contributed by atoms with E-state index in [0.717, 1.165) is 55.7 Å². The number of unbranched alkanes of at least 4 members (excludes halogenated alkanes) is 1. The Labute approximate surface area is 171 Å². The fourth-order valence-electron chi connectivity index (χ4n) is 3.55. The summed E-state index contributed by atoms with van der Waals surface area (Å²) in [6.45, 7) is 3.95. The van der Waals surface area contributed by atoms with Crippen LogP contribution in [0.5, 0.6) is 5.75 Å². The Morgan fingerprint density at radius 3 is 2.59 bits per heavy atom. The van der Waals surface area contributed by atoms with Crippen LogP contribution in [0.15, 0.2) is 24.3 Å². The van der Waals surface area contributed by atoms with Crippen molar-refractivity contribution in [1.29, 1.82) is 0 Å². The van der Waals surface area contributed by atoms with Crippen LogP contribution in [0.2, 0.25) is 0 Å². The summed E-state index contributed by atoms with van der Waals surface area (Å²) < 4.78 is 7.08. The average molecular weight is 399 g/mol. The molecule has 0 unspecified atom stereocenters. The Hall–Kier alpha value is -2.83. The number of hydrogen-bond donors (Lipinski definition) is 2. The number of methoxy groups -OCH3 is 1. The standard InChI is InChI=1S/C22H30N4O3/c1-3-4-13-23-21(27)19-18-7-5-6-15-26(18)20(25-19)22(28)24-14-12-16-8-10-17(29-2)11-9-16/h8-11H,3-7,12-15H2,1-2H3,(H,23,27)(H,24,28). The van der Waals surface area contributed by atoms with Crippen LogP contribution in [0.25, 0.3) is 0 Å². The van der Waals surface area contributed by atoms with Crippen LogP contribution in [-0.4, -0.2) is 41.6 Å². The van der Waals surface area contributed by atoms with Gasteiger partial charge in [0.15, 0.2) is 5.82 Å². The monoisotopic (exact) mass is 398 g/mol. The molecule has 0 atom stereocenters. The van der Waals surface area contributed by atoms with Gasteiger partial charge >= 0.3 is 0 Å². The maximum atomic E-state index is 12.8. The molecule has 0 spiro atoms. The second-order valence-corrected chi connectivity index (χ2v) is 7.30. The third-order valence-electron chi connectivity index (χ3n) is 5.21. The normalized spacial score (nSPS) is 12.9.